The fourth-order valence-corrected chi connectivity index (χ4v) is 3.14. The van der Waals surface area contributed by atoms with Gasteiger partial charge in [0.1, 0.15) is 0 Å². The van der Waals surface area contributed by atoms with Crippen LogP contribution in [0, 0.1) is 0 Å². The first-order chi connectivity index (χ1) is 10.3. The third-order valence-electron chi connectivity index (χ3n) is 3.36. The smallest absolute Gasteiger partial charge is 0.166 e. The topological polar surface area (TPSA) is 54.7 Å². The van der Waals surface area contributed by atoms with Crippen molar-refractivity contribution >= 4 is 22.8 Å². The highest BCUT2D eigenvalue weighted by Gasteiger charge is 2.04. The predicted octanol–water partition coefficient (Wildman–Crippen LogP) is 3.59. The van der Waals surface area contributed by atoms with E-state index in [1.165, 1.54) is 11.1 Å². The van der Waals surface area contributed by atoms with E-state index in [4.69, 9.17) is 5.73 Å². The number of benzene rings is 2. The number of H-pyrrole nitrogens is 1. The number of nitrogens with two attached hydrogens (primary N) is 1. The molecule has 2 aromatic carbocycles. The molecule has 0 aliphatic carbocycles. The van der Waals surface area contributed by atoms with Crippen LogP contribution in [-0.4, -0.2) is 22.3 Å². The van der Waals surface area contributed by atoms with Gasteiger partial charge in [-0.15, -0.1) is 0 Å². The van der Waals surface area contributed by atoms with Crippen molar-refractivity contribution in [3.05, 3.63) is 59.7 Å². The maximum atomic E-state index is 5.52. The van der Waals surface area contributed by atoms with E-state index in [2.05, 4.69) is 52.4 Å². The van der Waals surface area contributed by atoms with Crippen LogP contribution in [-0.2, 0) is 6.42 Å². The molecule has 0 aliphatic heterocycles. The highest BCUT2D eigenvalue weighted by atomic mass is 32.2. The molecule has 3 aromatic rings. The van der Waals surface area contributed by atoms with E-state index in [9.17, 15) is 0 Å². The first kappa shape index (κ1) is 14.2. The summed E-state index contributed by atoms with van der Waals surface area (Å²) < 4.78 is 0. The van der Waals surface area contributed by atoms with Crippen LogP contribution < -0.4 is 5.73 Å². The van der Waals surface area contributed by atoms with Gasteiger partial charge in [0.05, 0.1) is 11.0 Å². The van der Waals surface area contributed by atoms with Gasteiger partial charge in [0, 0.05) is 5.75 Å². The molecule has 0 saturated heterocycles. The van der Waals surface area contributed by atoms with Crippen molar-refractivity contribution in [3.63, 3.8) is 0 Å². The van der Waals surface area contributed by atoms with Crippen molar-refractivity contribution in [2.75, 3.05) is 12.3 Å². The highest BCUT2D eigenvalue weighted by molar-refractivity contribution is 7.99. The molecule has 1 heterocycles. The second-order valence-corrected chi connectivity index (χ2v) is 6.13. The molecule has 4 heteroatoms. The van der Waals surface area contributed by atoms with Gasteiger partial charge < -0.3 is 10.7 Å². The van der Waals surface area contributed by atoms with Crippen LogP contribution in [0.1, 0.15) is 17.5 Å². The Labute approximate surface area is 129 Å². The van der Waals surface area contributed by atoms with E-state index in [1.54, 1.807) is 11.8 Å². The van der Waals surface area contributed by atoms with Crippen molar-refractivity contribution in [1.82, 2.24) is 9.97 Å². The Balaban J connectivity index is 1.76. The number of hydrogen-bond donors (Lipinski definition) is 2. The first-order valence-electron chi connectivity index (χ1n) is 7.20. The van der Waals surface area contributed by atoms with Crippen LogP contribution in [0.5, 0.6) is 0 Å². The van der Waals surface area contributed by atoms with E-state index in [1.807, 2.05) is 6.07 Å². The molecule has 108 valence electrons. The Morgan fingerprint density at radius 3 is 2.71 bits per heavy atom. The lowest BCUT2D eigenvalue weighted by Crippen LogP contribution is -1.99. The summed E-state index contributed by atoms with van der Waals surface area (Å²) in [5.74, 6) is 1.01. The number of nitrogens with zero attached hydrogens (tertiary/aromatic N) is 1. The molecule has 0 spiro atoms. The summed E-state index contributed by atoms with van der Waals surface area (Å²) in [7, 11) is 0. The molecule has 0 radical (unpaired) electrons. The van der Waals surface area contributed by atoms with E-state index in [0.717, 1.165) is 41.3 Å². The number of aromatic nitrogens is 2. The molecule has 0 fully saturated rings. The molecule has 0 bridgehead atoms. The monoisotopic (exact) mass is 297 g/mol. The Morgan fingerprint density at radius 1 is 1.05 bits per heavy atom. The van der Waals surface area contributed by atoms with Crippen LogP contribution in [0.2, 0.25) is 0 Å². The Morgan fingerprint density at radius 2 is 1.90 bits per heavy atom. The lowest BCUT2D eigenvalue weighted by Gasteiger charge is -2.01. The van der Waals surface area contributed by atoms with Crippen LogP contribution in [0.25, 0.3) is 11.0 Å². The molecule has 3 N–H and O–H groups in total. The minimum absolute atomic E-state index is 0.731. The number of imidazole rings is 1. The average Bonchev–Trinajstić information content (AvgIpc) is 2.90. The van der Waals surface area contributed by atoms with Crippen molar-refractivity contribution in [2.45, 2.75) is 18.0 Å². The van der Waals surface area contributed by atoms with Crippen molar-refractivity contribution < 1.29 is 0 Å². The summed E-state index contributed by atoms with van der Waals surface area (Å²) in [6.07, 6.45) is 1.96. The number of nitrogens with one attached hydrogen (secondary N) is 1. The predicted molar refractivity (Wildman–Crippen MR) is 89.7 cm³/mol. The third kappa shape index (κ3) is 3.65. The van der Waals surface area contributed by atoms with E-state index < -0.39 is 0 Å². The normalized spacial score (nSPS) is 11.1. The zero-order valence-electron chi connectivity index (χ0n) is 11.9. The standard InChI is InChI=1S/C17H19N3S/c18-9-4-10-21-17-19-15-8-7-14(12-16(15)20-17)11-13-5-2-1-3-6-13/h1-3,5-8,12H,4,9-11,18H2,(H,19,20). The second-order valence-electron chi connectivity index (χ2n) is 5.05. The van der Waals surface area contributed by atoms with Crippen molar-refractivity contribution in [3.8, 4) is 0 Å². The minimum Gasteiger partial charge on any atom is -0.333 e. The third-order valence-corrected chi connectivity index (χ3v) is 4.32. The number of rotatable bonds is 6. The highest BCUT2D eigenvalue weighted by Crippen LogP contribution is 2.21. The quantitative estimate of drug-likeness (QED) is 0.540. The van der Waals surface area contributed by atoms with Crippen LogP contribution >= 0.6 is 11.8 Å². The van der Waals surface area contributed by atoms with E-state index in [0.29, 0.717) is 0 Å². The molecular formula is C17H19N3S. The van der Waals surface area contributed by atoms with Gasteiger partial charge in [-0.1, -0.05) is 48.2 Å². The number of fused-ring (bicyclic) bond motifs is 1. The summed E-state index contributed by atoms with van der Waals surface area (Å²) in [5, 5.41) is 0.982. The fourth-order valence-electron chi connectivity index (χ4n) is 2.30. The number of thioether (sulfide) groups is 1. The Bertz CT molecular complexity index is 706. The molecule has 0 aliphatic rings. The van der Waals surface area contributed by atoms with Crippen molar-refractivity contribution in [2.24, 2.45) is 5.73 Å². The van der Waals surface area contributed by atoms with Gasteiger partial charge in [-0.25, -0.2) is 4.98 Å². The van der Waals surface area contributed by atoms with E-state index >= 15 is 0 Å². The summed E-state index contributed by atoms with van der Waals surface area (Å²) in [6, 6.07) is 17.0. The number of aromatic amines is 1. The molecule has 0 saturated carbocycles. The second kappa shape index (κ2) is 6.78. The number of hydrogen-bond acceptors (Lipinski definition) is 3. The lowest BCUT2D eigenvalue weighted by atomic mass is 10.0. The van der Waals surface area contributed by atoms with Gasteiger partial charge in [-0.3, -0.25) is 0 Å². The Hall–Kier alpha value is -1.78. The van der Waals surface area contributed by atoms with Crippen LogP contribution in [0.15, 0.2) is 53.7 Å². The Kier molecular flexibility index (Phi) is 4.58. The van der Waals surface area contributed by atoms with Gasteiger partial charge in [0.2, 0.25) is 0 Å². The molecule has 21 heavy (non-hydrogen) atoms. The summed E-state index contributed by atoms with van der Waals surface area (Å²) in [6.45, 7) is 0.731. The average molecular weight is 297 g/mol. The lowest BCUT2D eigenvalue weighted by molar-refractivity contribution is 0.938. The largest absolute Gasteiger partial charge is 0.333 e. The molecule has 3 rings (SSSR count). The zero-order chi connectivity index (χ0) is 14.5. The maximum absolute atomic E-state index is 5.52. The molecule has 3 nitrogen and oxygen atoms in total. The van der Waals surface area contributed by atoms with Gasteiger partial charge in [-0.2, -0.15) is 0 Å². The van der Waals surface area contributed by atoms with Crippen LogP contribution in [0.4, 0.5) is 0 Å². The SMILES string of the molecule is NCCCSc1nc2ccc(Cc3ccccc3)cc2[nH]1. The summed E-state index contributed by atoms with van der Waals surface area (Å²) in [5.41, 5.74) is 10.3. The molecule has 0 amide bonds. The summed E-state index contributed by atoms with van der Waals surface area (Å²) >= 11 is 1.73. The fraction of sp³-hybridized carbons (Fsp3) is 0.235. The zero-order valence-corrected chi connectivity index (χ0v) is 12.7. The molecular weight excluding hydrogens is 278 g/mol. The molecule has 1 aromatic heterocycles. The van der Waals surface area contributed by atoms with Crippen LogP contribution in [0.3, 0.4) is 0 Å². The van der Waals surface area contributed by atoms with Gasteiger partial charge in [-0.05, 0) is 42.6 Å². The van der Waals surface area contributed by atoms with Gasteiger partial charge in [0.25, 0.3) is 0 Å². The summed E-state index contributed by atoms with van der Waals surface area (Å²) in [4.78, 5) is 7.99. The minimum atomic E-state index is 0.731. The van der Waals surface area contributed by atoms with Gasteiger partial charge >= 0.3 is 0 Å². The van der Waals surface area contributed by atoms with Gasteiger partial charge in [0.15, 0.2) is 5.16 Å². The molecule has 0 atom stereocenters. The maximum Gasteiger partial charge on any atom is 0.166 e. The molecule has 0 unspecified atom stereocenters. The van der Waals surface area contributed by atoms with Crippen molar-refractivity contribution in [1.29, 1.82) is 0 Å². The van der Waals surface area contributed by atoms with E-state index in [-0.39, 0.29) is 0 Å². The first-order valence-corrected chi connectivity index (χ1v) is 8.19.